The minimum atomic E-state index is -3.52. The maximum absolute atomic E-state index is 13.6. The van der Waals surface area contributed by atoms with Gasteiger partial charge in [-0.05, 0) is 56.3 Å². The van der Waals surface area contributed by atoms with E-state index in [1.54, 1.807) is 45.2 Å². The molecule has 0 spiro atoms. The zero-order valence-electron chi connectivity index (χ0n) is 17.8. The van der Waals surface area contributed by atoms with Gasteiger partial charge in [-0.15, -0.1) is 0 Å². The summed E-state index contributed by atoms with van der Waals surface area (Å²) < 4.78 is 37.0. The van der Waals surface area contributed by atoms with Crippen LogP contribution in [0.3, 0.4) is 0 Å². The number of hydrogen-bond donors (Lipinski definition) is 0. The largest absolute Gasteiger partial charge is 0.494 e. The number of rotatable bonds is 7. The molecule has 4 rings (SSSR count). The number of para-hydroxylation sites is 1. The number of benzene rings is 2. The molecular weight excluding hydrogens is 448 g/mol. The lowest BCUT2D eigenvalue weighted by molar-refractivity contribution is 0.0983. The second kappa shape index (κ2) is 8.76. The summed E-state index contributed by atoms with van der Waals surface area (Å²) in [4.78, 5) is 19.8. The first-order valence-corrected chi connectivity index (χ1v) is 12.3. The Kier molecular flexibility index (Phi) is 6.03. The van der Waals surface area contributed by atoms with Gasteiger partial charge in [0, 0.05) is 5.56 Å². The second-order valence-electron chi connectivity index (χ2n) is 7.40. The summed E-state index contributed by atoms with van der Waals surface area (Å²) in [5.41, 5.74) is 0.910. The van der Waals surface area contributed by atoms with Crippen molar-refractivity contribution in [2.45, 2.75) is 30.5 Å². The molecule has 2 heterocycles. The number of ether oxygens (including phenoxy) is 1. The number of hydrogen-bond acceptors (Lipinski definition) is 7. The highest BCUT2D eigenvalue weighted by Crippen LogP contribution is 2.35. The minimum absolute atomic E-state index is 0.113. The minimum Gasteiger partial charge on any atom is -0.494 e. The smallest absolute Gasteiger partial charge is 0.260 e. The van der Waals surface area contributed by atoms with E-state index in [0.29, 0.717) is 22.2 Å². The normalized spacial score (nSPS) is 11.8. The maximum atomic E-state index is 13.6. The Bertz CT molecular complexity index is 1360. The van der Waals surface area contributed by atoms with Crippen LogP contribution in [0.4, 0.5) is 5.13 Å². The van der Waals surface area contributed by atoms with E-state index in [-0.39, 0.29) is 22.9 Å². The molecule has 4 aromatic rings. The van der Waals surface area contributed by atoms with Crippen molar-refractivity contribution in [1.82, 2.24) is 4.98 Å². The quantitative estimate of drug-likeness (QED) is 0.381. The number of thiazole rings is 1. The van der Waals surface area contributed by atoms with Gasteiger partial charge in [0.05, 0.1) is 34.8 Å². The number of carbonyl (C=O) groups excluding carboxylic acids is 1. The number of sulfone groups is 1. The molecule has 2 aromatic carbocycles. The average molecular weight is 471 g/mol. The molecule has 7 nitrogen and oxygen atoms in total. The van der Waals surface area contributed by atoms with Gasteiger partial charge in [-0.3, -0.25) is 9.69 Å². The van der Waals surface area contributed by atoms with Gasteiger partial charge in [0.2, 0.25) is 0 Å². The third kappa shape index (κ3) is 4.13. The number of fused-ring (bicyclic) bond motifs is 1. The van der Waals surface area contributed by atoms with Gasteiger partial charge in [-0.25, -0.2) is 13.4 Å². The molecule has 0 unspecified atom stereocenters. The molecule has 32 heavy (non-hydrogen) atoms. The summed E-state index contributed by atoms with van der Waals surface area (Å²) in [7, 11) is -1.95. The van der Waals surface area contributed by atoms with Crippen molar-refractivity contribution in [3.05, 3.63) is 72.2 Å². The molecule has 2 aromatic heterocycles. The molecule has 9 heteroatoms. The number of amides is 1. The Balaban J connectivity index is 1.79. The van der Waals surface area contributed by atoms with Crippen LogP contribution < -0.4 is 9.64 Å². The maximum Gasteiger partial charge on any atom is 0.260 e. The van der Waals surface area contributed by atoms with E-state index < -0.39 is 15.1 Å². The lowest BCUT2D eigenvalue weighted by atomic mass is 10.2. The summed E-state index contributed by atoms with van der Waals surface area (Å²) in [6, 6.07) is 15.2. The number of carbonyl (C=O) groups is 1. The molecule has 0 fully saturated rings. The topological polar surface area (TPSA) is 89.7 Å². The van der Waals surface area contributed by atoms with Crippen LogP contribution in [0.1, 0.15) is 30.0 Å². The monoisotopic (exact) mass is 470 g/mol. The van der Waals surface area contributed by atoms with Crippen molar-refractivity contribution in [2.75, 3.05) is 12.0 Å². The summed E-state index contributed by atoms with van der Waals surface area (Å²) in [5, 5.41) is -0.133. The zero-order valence-corrected chi connectivity index (χ0v) is 19.4. The Morgan fingerprint density at radius 1 is 1.16 bits per heavy atom. The predicted molar refractivity (Wildman–Crippen MR) is 124 cm³/mol. The highest BCUT2D eigenvalue weighted by molar-refractivity contribution is 7.92. The fourth-order valence-corrected chi connectivity index (χ4v) is 5.30. The molecule has 0 saturated carbocycles. The van der Waals surface area contributed by atoms with E-state index >= 15 is 0 Å². The van der Waals surface area contributed by atoms with Crippen molar-refractivity contribution in [3.63, 3.8) is 0 Å². The average Bonchev–Trinajstić information content (AvgIpc) is 3.46. The van der Waals surface area contributed by atoms with Crippen LogP contribution in [0.5, 0.6) is 5.75 Å². The summed E-state index contributed by atoms with van der Waals surface area (Å²) in [6.07, 6.45) is 1.54. The molecule has 1 amide bonds. The van der Waals surface area contributed by atoms with E-state index in [2.05, 4.69) is 4.98 Å². The van der Waals surface area contributed by atoms with Gasteiger partial charge in [0.25, 0.3) is 5.91 Å². The summed E-state index contributed by atoms with van der Waals surface area (Å²) in [6.45, 7) is 3.37. The first kappa shape index (κ1) is 22.0. The van der Waals surface area contributed by atoms with Gasteiger partial charge < -0.3 is 9.15 Å². The number of nitrogens with zero attached hydrogens (tertiary/aromatic N) is 2. The van der Waals surface area contributed by atoms with Crippen LogP contribution >= 0.6 is 11.3 Å². The van der Waals surface area contributed by atoms with Crippen LogP contribution in [0.25, 0.3) is 10.2 Å². The Hall–Kier alpha value is -3.17. The van der Waals surface area contributed by atoms with Crippen LogP contribution in [-0.4, -0.2) is 31.7 Å². The summed E-state index contributed by atoms with van der Waals surface area (Å²) >= 11 is 1.35. The molecule has 0 atom stereocenters. The Morgan fingerprint density at radius 2 is 1.94 bits per heavy atom. The standard InChI is InChI=1S/C23H22N2O5S2/c1-15(2)32(27,28)18-9-4-7-16(13-18)22(26)25(14-17-8-6-12-30-17)23-24-21-19(29-3)10-5-11-20(21)31-23/h4-13,15H,14H2,1-3H3. The molecule has 0 aliphatic heterocycles. The van der Waals surface area contributed by atoms with Crippen molar-refractivity contribution in [3.8, 4) is 5.75 Å². The number of furan rings is 1. The zero-order chi connectivity index (χ0) is 22.9. The molecule has 166 valence electrons. The SMILES string of the molecule is COc1cccc2sc(N(Cc3ccco3)C(=O)c3cccc(S(=O)(=O)C(C)C)c3)nc12. The fourth-order valence-electron chi connectivity index (χ4n) is 3.21. The van der Waals surface area contributed by atoms with Crippen LogP contribution in [0.2, 0.25) is 0 Å². The Labute approximate surface area is 190 Å². The summed E-state index contributed by atoms with van der Waals surface area (Å²) in [5.74, 6) is 0.816. The molecule has 0 bridgehead atoms. The van der Waals surface area contributed by atoms with E-state index in [9.17, 15) is 13.2 Å². The first-order chi connectivity index (χ1) is 15.3. The molecule has 0 saturated heterocycles. The molecular formula is C23H22N2O5S2. The van der Waals surface area contributed by atoms with Crippen molar-refractivity contribution < 1.29 is 22.4 Å². The van der Waals surface area contributed by atoms with E-state index in [1.165, 1.54) is 34.6 Å². The van der Waals surface area contributed by atoms with E-state index in [1.807, 2.05) is 18.2 Å². The lowest BCUT2D eigenvalue weighted by Crippen LogP contribution is -2.30. The van der Waals surface area contributed by atoms with E-state index in [4.69, 9.17) is 9.15 Å². The van der Waals surface area contributed by atoms with Gasteiger partial charge in [-0.2, -0.15) is 0 Å². The molecule has 0 aliphatic carbocycles. The lowest BCUT2D eigenvalue weighted by Gasteiger charge is -2.19. The van der Waals surface area contributed by atoms with Crippen molar-refractivity contribution in [1.29, 1.82) is 0 Å². The molecule has 0 radical (unpaired) electrons. The number of anilines is 1. The van der Waals surface area contributed by atoms with Gasteiger partial charge in [0.1, 0.15) is 17.0 Å². The van der Waals surface area contributed by atoms with Crippen molar-refractivity contribution >= 4 is 42.4 Å². The highest BCUT2D eigenvalue weighted by Gasteiger charge is 2.26. The third-order valence-corrected chi connectivity index (χ3v) is 8.19. The number of aromatic nitrogens is 1. The van der Waals surface area contributed by atoms with Gasteiger partial charge in [-0.1, -0.05) is 23.5 Å². The Morgan fingerprint density at radius 3 is 2.62 bits per heavy atom. The second-order valence-corrected chi connectivity index (χ2v) is 10.9. The molecule has 0 N–H and O–H groups in total. The van der Waals surface area contributed by atoms with Gasteiger partial charge >= 0.3 is 0 Å². The van der Waals surface area contributed by atoms with E-state index in [0.717, 1.165) is 4.70 Å². The van der Waals surface area contributed by atoms with Crippen molar-refractivity contribution in [2.24, 2.45) is 0 Å². The first-order valence-electron chi connectivity index (χ1n) is 9.93. The van der Waals surface area contributed by atoms with Crippen LogP contribution in [0, 0.1) is 0 Å². The van der Waals surface area contributed by atoms with Crippen LogP contribution in [-0.2, 0) is 16.4 Å². The third-order valence-electron chi connectivity index (χ3n) is 4.99. The molecule has 0 aliphatic rings. The fraction of sp³-hybridized carbons (Fsp3) is 0.217. The van der Waals surface area contributed by atoms with Crippen LogP contribution in [0.15, 0.2) is 70.2 Å². The number of methoxy groups -OCH3 is 1. The predicted octanol–water partition coefficient (Wildman–Crippen LogP) is 4.93. The highest BCUT2D eigenvalue weighted by atomic mass is 32.2. The van der Waals surface area contributed by atoms with Gasteiger partial charge in [0.15, 0.2) is 15.0 Å².